The zero-order chi connectivity index (χ0) is 21.0. The van der Waals surface area contributed by atoms with Gasteiger partial charge in [0.15, 0.2) is 0 Å². The molecule has 1 fully saturated rings. The fraction of sp³-hybridized carbons (Fsp3) is 0.200. The van der Waals surface area contributed by atoms with E-state index < -0.39 is 0 Å². The molecule has 1 saturated heterocycles. The monoisotopic (exact) mass is 398 g/mol. The van der Waals surface area contributed by atoms with E-state index in [1.165, 1.54) is 6.08 Å². The first-order chi connectivity index (χ1) is 14.5. The predicted octanol–water partition coefficient (Wildman–Crippen LogP) is 3.87. The Labute approximate surface area is 174 Å². The van der Waals surface area contributed by atoms with Crippen LogP contribution in [-0.2, 0) is 11.3 Å². The van der Waals surface area contributed by atoms with E-state index in [0.717, 1.165) is 33.0 Å². The van der Waals surface area contributed by atoms with Crippen molar-refractivity contribution in [2.24, 2.45) is 0 Å². The average molecular weight is 398 g/mol. The summed E-state index contributed by atoms with van der Waals surface area (Å²) < 4.78 is 0. The Bertz CT molecular complexity index is 1220. The molecule has 0 bridgehead atoms. The molecule has 0 spiro atoms. The normalized spacial score (nSPS) is 16.0. The van der Waals surface area contributed by atoms with Crippen molar-refractivity contribution in [2.75, 3.05) is 13.1 Å². The molecule has 2 aliphatic rings. The summed E-state index contributed by atoms with van der Waals surface area (Å²) in [6, 6.07) is 15.5. The van der Waals surface area contributed by atoms with E-state index in [4.69, 9.17) is 0 Å². The standard InChI is InChI=1S/C25H22N2O3/c1-3-24(29)26-12-18(13-26)27-14-23-15(2)8-17(10-22(23)25(27)30)21-11-19(28)9-16-6-4-5-7-20(16)21/h3-11,18,28H,1,12-14H2,2H3. The molecule has 5 heteroatoms. The van der Waals surface area contributed by atoms with Crippen LogP contribution in [0, 0.1) is 6.92 Å². The van der Waals surface area contributed by atoms with Gasteiger partial charge in [0.25, 0.3) is 5.91 Å². The number of rotatable bonds is 3. The lowest BCUT2D eigenvalue weighted by molar-refractivity contribution is -0.132. The van der Waals surface area contributed by atoms with Crippen LogP contribution < -0.4 is 0 Å². The zero-order valence-electron chi connectivity index (χ0n) is 16.8. The molecule has 3 aromatic carbocycles. The maximum Gasteiger partial charge on any atom is 0.254 e. The topological polar surface area (TPSA) is 60.9 Å². The van der Waals surface area contributed by atoms with Crippen molar-refractivity contribution < 1.29 is 14.7 Å². The van der Waals surface area contributed by atoms with Crippen LogP contribution in [0.1, 0.15) is 21.5 Å². The molecule has 0 saturated carbocycles. The molecule has 0 aromatic heterocycles. The molecule has 0 radical (unpaired) electrons. The maximum absolute atomic E-state index is 13.2. The van der Waals surface area contributed by atoms with Crippen LogP contribution in [0.25, 0.3) is 21.9 Å². The minimum atomic E-state index is -0.0929. The van der Waals surface area contributed by atoms with Crippen molar-refractivity contribution in [1.29, 1.82) is 0 Å². The SMILES string of the molecule is C=CC(=O)N1CC(N2Cc3c(C)cc(-c4cc(O)cc5ccccc45)cc3C2=O)C1. The smallest absolute Gasteiger partial charge is 0.254 e. The first-order valence-corrected chi connectivity index (χ1v) is 10.0. The van der Waals surface area contributed by atoms with E-state index in [0.29, 0.717) is 25.2 Å². The van der Waals surface area contributed by atoms with Crippen LogP contribution in [0.5, 0.6) is 5.75 Å². The highest BCUT2D eigenvalue weighted by Crippen LogP contribution is 2.37. The number of likely N-dealkylation sites (tertiary alicyclic amines) is 1. The maximum atomic E-state index is 13.2. The third-order valence-electron chi connectivity index (χ3n) is 6.24. The van der Waals surface area contributed by atoms with E-state index in [9.17, 15) is 14.7 Å². The average Bonchev–Trinajstić information content (AvgIpc) is 3.03. The number of benzene rings is 3. The summed E-state index contributed by atoms with van der Waals surface area (Å²) in [7, 11) is 0. The number of phenolic OH excluding ortho intramolecular Hbond substituents is 1. The van der Waals surface area contributed by atoms with Crippen LogP contribution >= 0.6 is 0 Å². The zero-order valence-corrected chi connectivity index (χ0v) is 16.8. The lowest BCUT2D eigenvalue weighted by Gasteiger charge is -2.43. The number of aryl methyl sites for hydroxylation is 1. The number of aromatic hydroxyl groups is 1. The Morgan fingerprint density at radius 2 is 1.90 bits per heavy atom. The quantitative estimate of drug-likeness (QED) is 0.682. The molecular weight excluding hydrogens is 376 g/mol. The number of amides is 2. The van der Waals surface area contributed by atoms with Gasteiger partial charge in [-0.25, -0.2) is 0 Å². The van der Waals surface area contributed by atoms with E-state index in [-0.39, 0.29) is 23.6 Å². The second-order valence-electron chi connectivity index (χ2n) is 8.07. The summed E-state index contributed by atoms with van der Waals surface area (Å²) in [5.74, 6) is 0.121. The molecule has 30 heavy (non-hydrogen) atoms. The van der Waals surface area contributed by atoms with Crippen molar-refractivity contribution >= 4 is 22.6 Å². The summed E-state index contributed by atoms with van der Waals surface area (Å²) in [6.07, 6.45) is 1.31. The molecule has 2 heterocycles. The number of phenols is 1. The second-order valence-corrected chi connectivity index (χ2v) is 8.07. The molecule has 1 N–H and O–H groups in total. The number of fused-ring (bicyclic) bond motifs is 2. The summed E-state index contributed by atoms with van der Waals surface area (Å²) >= 11 is 0. The van der Waals surface area contributed by atoms with Gasteiger partial charge in [0.2, 0.25) is 5.91 Å². The molecule has 2 amide bonds. The molecule has 5 nitrogen and oxygen atoms in total. The third kappa shape index (κ3) is 2.77. The number of hydrogen-bond donors (Lipinski definition) is 1. The van der Waals surface area contributed by atoms with Crippen molar-refractivity contribution in [1.82, 2.24) is 9.80 Å². The van der Waals surface area contributed by atoms with Crippen LogP contribution in [-0.4, -0.2) is 45.9 Å². The summed E-state index contributed by atoms with van der Waals surface area (Å²) in [5, 5.41) is 12.2. The van der Waals surface area contributed by atoms with Crippen molar-refractivity contribution in [2.45, 2.75) is 19.5 Å². The largest absolute Gasteiger partial charge is 0.508 e. The van der Waals surface area contributed by atoms with Gasteiger partial charge in [-0.2, -0.15) is 0 Å². The number of nitrogens with zero attached hydrogens (tertiary/aromatic N) is 2. The predicted molar refractivity (Wildman–Crippen MR) is 116 cm³/mol. The van der Waals surface area contributed by atoms with Crippen LogP contribution in [0.2, 0.25) is 0 Å². The van der Waals surface area contributed by atoms with Gasteiger partial charge >= 0.3 is 0 Å². The van der Waals surface area contributed by atoms with Gasteiger partial charge in [0, 0.05) is 25.2 Å². The minimum Gasteiger partial charge on any atom is -0.508 e. The summed E-state index contributed by atoms with van der Waals surface area (Å²) in [4.78, 5) is 28.5. The van der Waals surface area contributed by atoms with Gasteiger partial charge in [-0.05, 0) is 64.2 Å². The third-order valence-corrected chi connectivity index (χ3v) is 6.24. The summed E-state index contributed by atoms with van der Waals surface area (Å²) in [6.45, 7) is 7.22. The fourth-order valence-corrected chi connectivity index (χ4v) is 4.56. The number of carbonyl (C=O) groups excluding carboxylic acids is 2. The van der Waals surface area contributed by atoms with Crippen molar-refractivity contribution in [3.63, 3.8) is 0 Å². The number of carbonyl (C=O) groups is 2. The molecule has 3 aromatic rings. The molecular formula is C25H22N2O3. The van der Waals surface area contributed by atoms with Crippen molar-refractivity contribution in [3.8, 4) is 16.9 Å². The first kappa shape index (κ1) is 18.4. The van der Waals surface area contributed by atoms with Crippen LogP contribution in [0.4, 0.5) is 0 Å². The highest BCUT2D eigenvalue weighted by atomic mass is 16.3. The van der Waals surface area contributed by atoms with Crippen LogP contribution in [0.3, 0.4) is 0 Å². The lowest BCUT2D eigenvalue weighted by Crippen LogP contribution is -2.60. The molecule has 0 unspecified atom stereocenters. The molecule has 2 aliphatic heterocycles. The van der Waals surface area contributed by atoms with E-state index in [2.05, 4.69) is 12.6 Å². The second kappa shape index (κ2) is 6.73. The highest BCUT2D eigenvalue weighted by molar-refractivity contribution is 6.03. The van der Waals surface area contributed by atoms with Gasteiger partial charge in [0.05, 0.1) is 6.04 Å². The van der Waals surface area contributed by atoms with E-state index in [1.54, 1.807) is 17.0 Å². The lowest BCUT2D eigenvalue weighted by atomic mass is 9.93. The Kier molecular flexibility index (Phi) is 4.13. The first-order valence-electron chi connectivity index (χ1n) is 10.0. The highest BCUT2D eigenvalue weighted by Gasteiger charge is 2.40. The van der Waals surface area contributed by atoms with Crippen molar-refractivity contribution in [3.05, 3.63) is 77.9 Å². The summed E-state index contributed by atoms with van der Waals surface area (Å²) in [5.41, 5.74) is 4.65. The molecule has 0 atom stereocenters. The van der Waals surface area contributed by atoms with Gasteiger partial charge in [-0.3, -0.25) is 9.59 Å². The van der Waals surface area contributed by atoms with E-state index >= 15 is 0 Å². The molecule has 150 valence electrons. The van der Waals surface area contributed by atoms with E-state index in [1.807, 2.05) is 42.2 Å². The minimum absolute atomic E-state index is 0.00936. The Hall–Kier alpha value is -3.60. The van der Waals surface area contributed by atoms with Gasteiger partial charge in [0.1, 0.15) is 5.75 Å². The Morgan fingerprint density at radius 3 is 2.67 bits per heavy atom. The molecule has 0 aliphatic carbocycles. The van der Waals surface area contributed by atoms with Gasteiger partial charge in [-0.15, -0.1) is 0 Å². The molecule has 5 rings (SSSR count). The number of hydrogen-bond acceptors (Lipinski definition) is 3. The van der Waals surface area contributed by atoms with Gasteiger partial charge < -0.3 is 14.9 Å². The Morgan fingerprint density at radius 1 is 1.13 bits per heavy atom. The van der Waals surface area contributed by atoms with Crippen LogP contribution in [0.15, 0.2) is 61.2 Å². The Balaban J connectivity index is 1.51. The fourth-order valence-electron chi connectivity index (χ4n) is 4.56. The van der Waals surface area contributed by atoms with Gasteiger partial charge in [-0.1, -0.05) is 36.9 Å².